The molecule has 1 aromatic heterocycles. The van der Waals surface area contributed by atoms with Crippen LogP contribution in [0, 0.1) is 0 Å². The van der Waals surface area contributed by atoms with Gasteiger partial charge in [0, 0.05) is 5.38 Å². The molecule has 0 atom stereocenters. The lowest BCUT2D eigenvalue weighted by atomic mass is 10.3. The van der Waals surface area contributed by atoms with Gasteiger partial charge in [-0.25, -0.2) is 4.98 Å². The number of rotatable bonds is 4. The van der Waals surface area contributed by atoms with Gasteiger partial charge in [0.25, 0.3) is 0 Å². The van der Waals surface area contributed by atoms with Crippen molar-refractivity contribution in [2.45, 2.75) is 6.54 Å². The monoisotopic (exact) mass is 220 g/mol. The lowest BCUT2D eigenvalue weighted by molar-refractivity contribution is 0.416. The van der Waals surface area contributed by atoms with Gasteiger partial charge in [0.15, 0.2) is 0 Å². The van der Waals surface area contributed by atoms with Crippen LogP contribution in [-0.4, -0.2) is 12.1 Å². The Hall–Kier alpha value is -1.55. The lowest BCUT2D eigenvalue weighted by Crippen LogP contribution is -2.01. The molecule has 3 nitrogen and oxygen atoms in total. The molecule has 15 heavy (non-hydrogen) atoms. The number of hydrogen-bond donors (Lipinski definition) is 1. The Labute approximate surface area is 92.7 Å². The highest BCUT2D eigenvalue weighted by Gasteiger charge is 2.01. The molecular formula is C11H12N2OS. The molecule has 0 saturated carbocycles. The largest absolute Gasteiger partial charge is 0.495 e. The molecule has 0 fully saturated rings. The van der Waals surface area contributed by atoms with Crippen LogP contribution in [0.5, 0.6) is 5.75 Å². The number of hydrogen-bond acceptors (Lipinski definition) is 4. The van der Waals surface area contributed by atoms with Crippen LogP contribution >= 0.6 is 11.3 Å². The number of nitrogens with zero attached hydrogens (tertiary/aromatic N) is 1. The molecule has 2 aromatic rings. The van der Waals surface area contributed by atoms with Crippen molar-refractivity contribution in [2.24, 2.45) is 0 Å². The number of ether oxygens (including phenoxy) is 1. The summed E-state index contributed by atoms with van der Waals surface area (Å²) in [5, 5.41) is 5.32. The minimum atomic E-state index is 0.726. The smallest absolute Gasteiger partial charge is 0.141 e. The van der Waals surface area contributed by atoms with E-state index in [0.717, 1.165) is 23.7 Å². The van der Waals surface area contributed by atoms with Crippen LogP contribution in [0.25, 0.3) is 0 Å². The standard InChI is InChI=1S/C11H12N2OS/c1-14-11-5-3-2-4-10(11)12-6-9-7-15-8-13-9/h2-5,7-8,12H,6H2,1H3. The zero-order valence-corrected chi connectivity index (χ0v) is 9.25. The summed E-state index contributed by atoms with van der Waals surface area (Å²) in [7, 11) is 1.67. The highest BCUT2D eigenvalue weighted by molar-refractivity contribution is 7.07. The second-order valence-electron chi connectivity index (χ2n) is 3.03. The first-order valence-electron chi connectivity index (χ1n) is 4.64. The third kappa shape index (κ3) is 2.47. The molecule has 0 saturated heterocycles. The third-order valence-electron chi connectivity index (χ3n) is 2.05. The Morgan fingerprint density at radius 1 is 1.40 bits per heavy atom. The van der Waals surface area contributed by atoms with Crippen molar-refractivity contribution in [2.75, 3.05) is 12.4 Å². The first-order valence-corrected chi connectivity index (χ1v) is 5.58. The van der Waals surface area contributed by atoms with Gasteiger partial charge in [0.2, 0.25) is 0 Å². The molecule has 2 rings (SSSR count). The van der Waals surface area contributed by atoms with Gasteiger partial charge in [-0.1, -0.05) is 12.1 Å². The second-order valence-corrected chi connectivity index (χ2v) is 3.75. The molecule has 1 N–H and O–H groups in total. The van der Waals surface area contributed by atoms with E-state index < -0.39 is 0 Å². The quantitative estimate of drug-likeness (QED) is 0.860. The predicted molar refractivity (Wildman–Crippen MR) is 62.4 cm³/mol. The molecule has 1 heterocycles. The van der Waals surface area contributed by atoms with Crippen LogP contribution in [-0.2, 0) is 6.54 Å². The van der Waals surface area contributed by atoms with Crippen LogP contribution in [0.15, 0.2) is 35.2 Å². The summed E-state index contributed by atoms with van der Waals surface area (Å²) >= 11 is 1.60. The Kier molecular flexibility index (Phi) is 3.19. The number of anilines is 1. The van der Waals surface area contributed by atoms with Crippen LogP contribution in [0.3, 0.4) is 0 Å². The van der Waals surface area contributed by atoms with E-state index in [1.165, 1.54) is 0 Å². The summed E-state index contributed by atoms with van der Waals surface area (Å²) < 4.78 is 5.23. The normalized spacial score (nSPS) is 9.93. The Morgan fingerprint density at radius 3 is 3.00 bits per heavy atom. The van der Waals surface area contributed by atoms with Crippen molar-refractivity contribution in [3.63, 3.8) is 0 Å². The second kappa shape index (κ2) is 4.79. The maximum Gasteiger partial charge on any atom is 0.141 e. The molecule has 0 aliphatic carbocycles. The van der Waals surface area contributed by atoms with Crippen LogP contribution in [0.2, 0.25) is 0 Å². The van der Waals surface area contributed by atoms with Gasteiger partial charge in [-0.05, 0) is 12.1 Å². The fraction of sp³-hybridized carbons (Fsp3) is 0.182. The zero-order chi connectivity index (χ0) is 10.5. The van der Waals surface area contributed by atoms with E-state index in [4.69, 9.17) is 4.74 Å². The van der Waals surface area contributed by atoms with Crippen molar-refractivity contribution in [1.82, 2.24) is 4.98 Å². The fourth-order valence-electron chi connectivity index (χ4n) is 1.30. The minimum Gasteiger partial charge on any atom is -0.495 e. The van der Waals surface area contributed by atoms with Crippen molar-refractivity contribution >= 4 is 17.0 Å². The minimum absolute atomic E-state index is 0.726. The van der Waals surface area contributed by atoms with E-state index in [-0.39, 0.29) is 0 Å². The van der Waals surface area contributed by atoms with Gasteiger partial charge in [0.05, 0.1) is 30.5 Å². The van der Waals surface area contributed by atoms with Crippen LogP contribution < -0.4 is 10.1 Å². The van der Waals surface area contributed by atoms with Gasteiger partial charge in [-0.2, -0.15) is 0 Å². The van der Waals surface area contributed by atoms with E-state index in [1.807, 2.05) is 35.2 Å². The summed E-state index contributed by atoms with van der Waals surface area (Å²) in [6.45, 7) is 0.726. The van der Waals surface area contributed by atoms with Crippen molar-refractivity contribution in [3.8, 4) is 5.75 Å². The first-order chi connectivity index (χ1) is 7.40. The summed E-state index contributed by atoms with van der Waals surface area (Å²) in [5.41, 5.74) is 3.87. The highest BCUT2D eigenvalue weighted by Crippen LogP contribution is 2.23. The molecule has 0 aliphatic rings. The van der Waals surface area contributed by atoms with E-state index in [9.17, 15) is 0 Å². The number of thiazole rings is 1. The molecule has 0 bridgehead atoms. The molecule has 0 aliphatic heterocycles. The van der Waals surface area contributed by atoms with Crippen LogP contribution in [0.4, 0.5) is 5.69 Å². The number of para-hydroxylation sites is 2. The average Bonchev–Trinajstić information content (AvgIpc) is 2.79. The predicted octanol–water partition coefficient (Wildman–Crippen LogP) is 2.76. The molecule has 78 valence electrons. The first kappa shape index (κ1) is 9.98. The van der Waals surface area contributed by atoms with Crippen molar-refractivity contribution in [1.29, 1.82) is 0 Å². The summed E-state index contributed by atoms with van der Waals surface area (Å²) in [4.78, 5) is 4.20. The molecule has 0 amide bonds. The highest BCUT2D eigenvalue weighted by atomic mass is 32.1. The van der Waals surface area contributed by atoms with Gasteiger partial charge in [-0.3, -0.25) is 0 Å². The maximum absolute atomic E-state index is 5.23. The summed E-state index contributed by atoms with van der Waals surface area (Å²) in [6, 6.07) is 7.85. The Bertz CT molecular complexity index is 414. The summed E-state index contributed by atoms with van der Waals surface area (Å²) in [5.74, 6) is 0.854. The van der Waals surface area contributed by atoms with Gasteiger partial charge < -0.3 is 10.1 Å². The Morgan fingerprint density at radius 2 is 2.27 bits per heavy atom. The van der Waals surface area contributed by atoms with Gasteiger partial charge >= 0.3 is 0 Å². The molecule has 0 unspecified atom stereocenters. The van der Waals surface area contributed by atoms with E-state index in [2.05, 4.69) is 10.3 Å². The van der Waals surface area contributed by atoms with Crippen LogP contribution in [0.1, 0.15) is 5.69 Å². The molecule has 1 aromatic carbocycles. The number of nitrogens with one attached hydrogen (secondary N) is 1. The van der Waals surface area contributed by atoms with Gasteiger partial charge in [0.1, 0.15) is 5.75 Å². The molecule has 0 spiro atoms. The summed E-state index contributed by atoms with van der Waals surface area (Å²) in [6.07, 6.45) is 0. The Balaban J connectivity index is 2.04. The molecule has 0 radical (unpaired) electrons. The number of benzene rings is 1. The SMILES string of the molecule is COc1ccccc1NCc1cscn1. The topological polar surface area (TPSA) is 34.1 Å². The van der Waals surface area contributed by atoms with Crippen molar-refractivity contribution in [3.05, 3.63) is 40.8 Å². The number of methoxy groups -OCH3 is 1. The van der Waals surface area contributed by atoms with E-state index in [0.29, 0.717) is 0 Å². The van der Waals surface area contributed by atoms with E-state index in [1.54, 1.807) is 18.4 Å². The molecule has 4 heteroatoms. The van der Waals surface area contributed by atoms with Gasteiger partial charge in [-0.15, -0.1) is 11.3 Å². The lowest BCUT2D eigenvalue weighted by Gasteiger charge is -2.09. The zero-order valence-electron chi connectivity index (χ0n) is 8.43. The molecular weight excluding hydrogens is 208 g/mol. The van der Waals surface area contributed by atoms with Crippen molar-refractivity contribution < 1.29 is 4.74 Å². The van der Waals surface area contributed by atoms with E-state index >= 15 is 0 Å². The average molecular weight is 220 g/mol. The third-order valence-corrected chi connectivity index (χ3v) is 2.69. The fourth-order valence-corrected chi connectivity index (χ4v) is 1.86. The maximum atomic E-state index is 5.23. The number of aromatic nitrogens is 1.